The first-order chi connectivity index (χ1) is 9.21. The molecular formula is C14H21N5. The van der Waals surface area contributed by atoms with Crippen LogP contribution in [0.2, 0.25) is 0 Å². The van der Waals surface area contributed by atoms with Crippen molar-refractivity contribution in [1.29, 1.82) is 0 Å². The molecule has 2 heterocycles. The van der Waals surface area contributed by atoms with Crippen molar-refractivity contribution >= 4 is 0 Å². The summed E-state index contributed by atoms with van der Waals surface area (Å²) in [5.74, 6) is 1.52. The van der Waals surface area contributed by atoms with Gasteiger partial charge < -0.3 is 10.3 Å². The van der Waals surface area contributed by atoms with Crippen molar-refractivity contribution in [2.45, 2.75) is 33.1 Å². The number of aryl methyl sites for hydroxylation is 3. The fraction of sp³-hybridized carbons (Fsp3) is 0.500. The van der Waals surface area contributed by atoms with Crippen molar-refractivity contribution in [2.75, 3.05) is 6.54 Å². The third-order valence-corrected chi connectivity index (χ3v) is 3.26. The number of imidazole rings is 1. The van der Waals surface area contributed by atoms with Gasteiger partial charge in [0.2, 0.25) is 0 Å². The molecule has 2 rings (SSSR count). The Labute approximate surface area is 113 Å². The molecule has 0 unspecified atom stereocenters. The molecule has 0 spiro atoms. The molecule has 5 heteroatoms. The number of hydrogen-bond acceptors (Lipinski definition) is 4. The normalized spacial score (nSPS) is 10.9. The van der Waals surface area contributed by atoms with Gasteiger partial charge in [0.15, 0.2) is 11.6 Å². The molecule has 2 aromatic rings. The summed E-state index contributed by atoms with van der Waals surface area (Å²) in [6.45, 7) is 4.86. The van der Waals surface area contributed by atoms with Crippen LogP contribution in [0, 0.1) is 0 Å². The minimum atomic E-state index is 0.630. The maximum absolute atomic E-state index is 5.69. The van der Waals surface area contributed by atoms with Gasteiger partial charge in [-0.15, -0.1) is 0 Å². The molecule has 0 atom stereocenters. The standard InChI is InChI=1S/C14H21N5/c1-4-11-10(6-7-15)12(5-2)18-13(17-11)14-16-8-9-19(14)3/h8-9H,4-7,15H2,1-3H3. The number of rotatable bonds is 5. The zero-order valence-corrected chi connectivity index (χ0v) is 11.8. The summed E-state index contributed by atoms with van der Waals surface area (Å²) >= 11 is 0. The van der Waals surface area contributed by atoms with E-state index in [0.717, 1.165) is 36.5 Å². The molecule has 0 aliphatic carbocycles. The van der Waals surface area contributed by atoms with E-state index < -0.39 is 0 Å². The van der Waals surface area contributed by atoms with E-state index in [-0.39, 0.29) is 0 Å². The first-order valence-electron chi connectivity index (χ1n) is 6.77. The Hall–Kier alpha value is -1.75. The van der Waals surface area contributed by atoms with Crippen LogP contribution in [0.25, 0.3) is 11.6 Å². The first kappa shape index (κ1) is 13.7. The van der Waals surface area contributed by atoms with E-state index in [2.05, 4.69) is 28.8 Å². The average molecular weight is 259 g/mol. The summed E-state index contributed by atoms with van der Waals surface area (Å²) in [7, 11) is 1.96. The van der Waals surface area contributed by atoms with Crippen molar-refractivity contribution in [1.82, 2.24) is 19.5 Å². The number of nitrogens with zero attached hydrogens (tertiary/aromatic N) is 4. The van der Waals surface area contributed by atoms with Gasteiger partial charge in [0, 0.05) is 30.8 Å². The first-order valence-corrected chi connectivity index (χ1v) is 6.77. The van der Waals surface area contributed by atoms with E-state index in [1.54, 1.807) is 6.20 Å². The summed E-state index contributed by atoms with van der Waals surface area (Å²) in [6, 6.07) is 0. The lowest BCUT2D eigenvalue weighted by Crippen LogP contribution is -2.13. The zero-order chi connectivity index (χ0) is 13.8. The molecule has 0 fully saturated rings. The molecule has 0 aromatic carbocycles. The predicted molar refractivity (Wildman–Crippen MR) is 75.7 cm³/mol. The lowest BCUT2D eigenvalue weighted by atomic mass is 10.0. The van der Waals surface area contributed by atoms with Crippen LogP contribution in [0.15, 0.2) is 12.4 Å². The van der Waals surface area contributed by atoms with E-state index in [4.69, 9.17) is 5.73 Å². The van der Waals surface area contributed by atoms with Crippen LogP contribution in [0.3, 0.4) is 0 Å². The summed E-state index contributed by atoms with van der Waals surface area (Å²) < 4.78 is 1.94. The molecule has 5 nitrogen and oxygen atoms in total. The highest BCUT2D eigenvalue weighted by Gasteiger charge is 2.14. The van der Waals surface area contributed by atoms with Gasteiger partial charge >= 0.3 is 0 Å². The summed E-state index contributed by atoms with van der Waals surface area (Å²) in [4.78, 5) is 13.7. The second-order valence-corrected chi connectivity index (χ2v) is 4.53. The molecule has 0 saturated heterocycles. The van der Waals surface area contributed by atoms with Crippen LogP contribution >= 0.6 is 0 Å². The third-order valence-electron chi connectivity index (χ3n) is 3.26. The highest BCUT2D eigenvalue weighted by Crippen LogP contribution is 2.19. The van der Waals surface area contributed by atoms with E-state index in [0.29, 0.717) is 12.4 Å². The Morgan fingerprint density at radius 2 is 1.79 bits per heavy atom. The van der Waals surface area contributed by atoms with Gasteiger partial charge in [0.25, 0.3) is 0 Å². The molecular weight excluding hydrogens is 238 g/mol. The fourth-order valence-electron chi connectivity index (χ4n) is 2.28. The van der Waals surface area contributed by atoms with Crippen molar-refractivity contribution < 1.29 is 0 Å². The zero-order valence-electron chi connectivity index (χ0n) is 11.8. The van der Waals surface area contributed by atoms with Crippen LogP contribution in [0.5, 0.6) is 0 Å². The maximum atomic E-state index is 5.69. The van der Waals surface area contributed by atoms with E-state index in [1.165, 1.54) is 5.56 Å². The Balaban J connectivity index is 2.56. The van der Waals surface area contributed by atoms with Crippen LogP contribution in [-0.4, -0.2) is 26.1 Å². The lowest BCUT2D eigenvalue weighted by molar-refractivity contribution is 0.828. The van der Waals surface area contributed by atoms with Gasteiger partial charge in [-0.1, -0.05) is 13.8 Å². The Morgan fingerprint density at radius 3 is 2.21 bits per heavy atom. The van der Waals surface area contributed by atoms with Gasteiger partial charge in [0.05, 0.1) is 0 Å². The smallest absolute Gasteiger partial charge is 0.196 e. The van der Waals surface area contributed by atoms with Crippen LogP contribution < -0.4 is 5.73 Å². The largest absolute Gasteiger partial charge is 0.331 e. The minimum absolute atomic E-state index is 0.630. The molecule has 0 aliphatic heterocycles. The van der Waals surface area contributed by atoms with Gasteiger partial charge in [-0.05, 0) is 31.4 Å². The summed E-state index contributed by atoms with van der Waals surface area (Å²) in [5.41, 5.74) is 9.09. The average Bonchev–Trinajstić information content (AvgIpc) is 2.85. The Bertz CT molecular complexity index is 534. The van der Waals surface area contributed by atoms with Crippen LogP contribution in [0.1, 0.15) is 30.8 Å². The minimum Gasteiger partial charge on any atom is -0.331 e. The SMILES string of the molecule is CCc1nc(-c2nccn2C)nc(CC)c1CCN. The number of aromatic nitrogens is 4. The second kappa shape index (κ2) is 5.93. The van der Waals surface area contributed by atoms with E-state index in [1.807, 2.05) is 17.8 Å². The summed E-state index contributed by atoms with van der Waals surface area (Å²) in [6.07, 6.45) is 6.30. The molecule has 0 radical (unpaired) electrons. The Morgan fingerprint density at radius 1 is 1.16 bits per heavy atom. The molecule has 2 aromatic heterocycles. The maximum Gasteiger partial charge on any atom is 0.196 e. The topological polar surface area (TPSA) is 69.6 Å². The van der Waals surface area contributed by atoms with E-state index >= 15 is 0 Å². The van der Waals surface area contributed by atoms with Crippen molar-refractivity contribution in [3.8, 4) is 11.6 Å². The highest BCUT2D eigenvalue weighted by molar-refractivity contribution is 5.46. The lowest BCUT2D eigenvalue weighted by Gasteiger charge is -2.13. The van der Waals surface area contributed by atoms with Gasteiger partial charge in [-0.2, -0.15) is 0 Å². The fourth-order valence-corrected chi connectivity index (χ4v) is 2.28. The number of nitrogens with two attached hydrogens (primary N) is 1. The summed E-state index contributed by atoms with van der Waals surface area (Å²) in [5, 5.41) is 0. The molecule has 0 aliphatic rings. The quantitative estimate of drug-likeness (QED) is 0.883. The molecule has 19 heavy (non-hydrogen) atoms. The van der Waals surface area contributed by atoms with Crippen molar-refractivity contribution in [3.63, 3.8) is 0 Å². The van der Waals surface area contributed by atoms with Gasteiger partial charge in [-0.3, -0.25) is 0 Å². The molecule has 102 valence electrons. The van der Waals surface area contributed by atoms with Gasteiger partial charge in [-0.25, -0.2) is 15.0 Å². The van der Waals surface area contributed by atoms with Crippen LogP contribution in [0.4, 0.5) is 0 Å². The Kier molecular flexibility index (Phi) is 4.27. The molecule has 0 amide bonds. The monoisotopic (exact) mass is 259 g/mol. The van der Waals surface area contributed by atoms with Crippen molar-refractivity contribution in [3.05, 3.63) is 29.3 Å². The predicted octanol–water partition coefficient (Wildman–Crippen LogP) is 1.50. The highest BCUT2D eigenvalue weighted by atomic mass is 15.1. The molecule has 0 saturated carbocycles. The molecule has 0 bridgehead atoms. The second-order valence-electron chi connectivity index (χ2n) is 4.53. The third kappa shape index (κ3) is 2.66. The van der Waals surface area contributed by atoms with Gasteiger partial charge in [0.1, 0.15) is 0 Å². The van der Waals surface area contributed by atoms with Crippen molar-refractivity contribution in [2.24, 2.45) is 12.8 Å². The number of hydrogen-bond donors (Lipinski definition) is 1. The molecule has 2 N–H and O–H groups in total. The van der Waals surface area contributed by atoms with E-state index in [9.17, 15) is 0 Å². The van der Waals surface area contributed by atoms with Crippen LogP contribution in [-0.2, 0) is 26.3 Å².